The summed E-state index contributed by atoms with van der Waals surface area (Å²) in [5, 5.41) is 3.87. The van der Waals surface area contributed by atoms with Gasteiger partial charge in [-0.2, -0.15) is 0 Å². The molecule has 2 heterocycles. The van der Waals surface area contributed by atoms with Crippen LogP contribution in [0.4, 0.5) is 0 Å². The lowest BCUT2D eigenvalue weighted by molar-refractivity contribution is 0.0957. The van der Waals surface area contributed by atoms with E-state index in [0.717, 1.165) is 20.9 Å². The van der Waals surface area contributed by atoms with Crippen LogP contribution in [-0.2, 0) is 0 Å². The molecule has 2 rings (SSSR count). The molecule has 0 aromatic carbocycles. The van der Waals surface area contributed by atoms with Crippen molar-refractivity contribution in [2.24, 2.45) is 0 Å². The summed E-state index contributed by atoms with van der Waals surface area (Å²) in [4.78, 5) is 26.0. The zero-order chi connectivity index (χ0) is 13.8. The van der Waals surface area contributed by atoms with Crippen LogP contribution in [-0.4, -0.2) is 11.6 Å². The summed E-state index contributed by atoms with van der Waals surface area (Å²) in [6.45, 7) is 3.91. The van der Waals surface area contributed by atoms with Crippen LogP contribution >= 0.6 is 22.7 Å². The molecule has 2 nitrogen and oxygen atoms in total. The van der Waals surface area contributed by atoms with E-state index in [1.165, 1.54) is 0 Å². The summed E-state index contributed by atoms with van der Waals surface area (Å²) in [7, 11) is 0. The van der Waals surface area contributed by atoms with Crippen LogP contribution in [0.15, 0.2) is 22.9 Å². The first-order valence-electron chi connectivity index (χ1n) is 6.24. The molecule has 0 aliphatic carbocycles. The second-order valence-corrected chi connectivity index (χ2v) is 6.72. The number of carbonyl (C=O) groups excluding carboxylic acids is 2. The van der Waals surface area contributed by atoms with Crippen molar-refractivity contribution in [3.63, 3.8) is 0 Å². The molecular formula is C15H16O2S2. The number of hydrogen-bond acceptors (Lipinski definition) is 4. The summed E-state index contributed by atoms with van der Waals surface area (Å²) in [5.74, 6) is 0.294. The third-order valence-corrected chi connectivity index (χ3v) is 4.82. The molecule has 0 unspecified atom stereocenters. The van der Waals surface area contributed by atoms with Crippen LogP contribution in [0.25, 0.3) is 0 Å². The normalized spacial score (nSPS) is 10.6. The number of aryl methyl sites for hydroxylation is 2. The number of carbonyl (C=O) groups is 2. The van der Waals surface area contributed by atoms with Crippen LogP contribution in [0.2, 0.25) is 0 Å². The minimum atomic E-state index is 0.147. The predicted molar refractivity (Wildman–Crippen MR) is 80.6 cm³/mol. The number of ketones is 2. The zero-order valence-corrected chi connectivity index (χ0v) is 12.7. The number of hydrogen-bond donors (Lipinski definition) is 0. The Morgan fingerprint density at radius 1 is 0.895 bits per heavy atom. The van der Waals surface area contributed by atoms with Crippen molar-refractivity contribution < 1.29 is 9.59 Å². The molecule has 19 heavy (non-hydrogen) atoms. The lowest BCUT2D eigenvalue weighted by atomic mass is 10.0. The molecule has 0 amide bonds. The lowest BCUT2D eigenvalue weighted by Crippen LogP contribution is -2.03. The quantitative estimate of drug-likeness (QED) is 0.725. The Morgan fingerprint density at radius 2 is 1.32 bits per heavy atom. The van der Waals surface area contributed by atoms with Crippen molar-refractivity contribution in [3.8, 4) is 0 Å². The van der Waals surface area contributed by atoms with Crippen molar-refractivity contribution in [2.45, 2.75) is 33.1 Å². The largest absolute Gasteiger partial charge is 0.294 e. The van der Waals surface area contributed by atoms with Crippen LogP contribution in [0, 0.1) is 13.8 Å². The summed E-state index contributed by atoms with van der Waals surface area (Å²) in [6, 6.07) is 3.74. The van der Waals surface area contributed by atoms with E-state index in [9.17, 15) is 9.59 Å². The Morgan fingerprint density at radius 3 is 1.63 bits per heavy atom. The van der Waals surface area contributed by atoms with Crippen LogP contribution in [0.5, 0.6) is 0 Å². The molecule has 0 saturated heterocycles. The first-order valence-corrected chi connectivity index (χ1v) is 8.00. The third-order valence-electron chi connectivity index (χ3n) is 3.13. The first kappa shape index (κ1) is 14.2. The van der Waals surface area contributed by atoms with E-state index in [4.69, 9.17) is 0 Å². The van der Waals surface area contributed by atoms with Gasteiger partial charge >= 0.3 is 0 Å². The van der Waals surface area contributed by atoms with E-state index < -0.39 is 0 Å². The Kier molecular flexibility index (Phi) is 4.66. The maximum Gasteiger partial charge on any atom is 0.163 e. The van der Waals surface area contributed by atoms with Crippen LogP contribution in [0.3, 0.4) is 0 Å². The van der Waals surface area contributed by atoms with E-state index >= 15 is 0 Å². The SMILES string of the molecule is Cc1sccc1C(=O)CCCC(=O)c1ccsc1C. The summed E-state index contributed by atoms with van der Waals surface area (Å²) in [5.41, 5.74) is 1.62. The number of thiophene rings is 2. The van der Waals surface area contributed by atoms with Gasteiger partial charge in [0.1, 0.15) is 0 Å². The molecule has 0 N–H and O–H groups in total. The molecule has 0 fully saturated rings. The Hall–Kier alpha value is -1.26. The molecular weight excluding hydrogens is 276 g/mol. The van der Waals surface area contributed by atoms with Crippen molar-refractivity contribution in [1.29, 1.82) is 0 Å². The molecule has 0 spiro atoms. The van der Waals surface area contributed by atoms with Crippen LogP contribution < -0.4 is 0 Å². The van der Waals surface area contributed by atoms with Crippen molar-refractivity contribution >= 4 is 34.2 Å². The maximum atomic E-state index is 12.0. The second-order valence-electron chi connectivity index (χ2n) is 4.48. The number of rotatable bonds is 6. The van der Waals surface area contributed by atoms with E-state index in [1.54, 1.807) is 22.7 Å². The van der Waals surface area contributed by atoms with Crippen molar-refractivity contribution in [3.05, 3.63) is 43.8 Å². The fourth-order valence-electron chi connectivity index (χ4n) is 2.03. The monoisotopic (exact) mass is 292 g/mol. The van der Waals surface area contributed by atoms with Gasteiger partial charge < -0.3 is 0 Å². The highest BCUT2D eigenvalue weighted by molar-refractivity contribution is 7.10. The highest BCUT2D eigenvalue weighted by Crippen LogP contribution is 2.20. The fraction of sp³-hybridized carbons (Fsp3) is 0.333. The maximum absolute atomic E-state index is 12.0. The molecule has 0 aliphatic rings. The fourth-order valence-corrected chi connectivity index (χ4v) is 3.46. The van der Waals surface area contributed by atoms with E-state index in [1.807, 2.05) is 36.7 Å². The average Bonchev–Trinajstić information content (AvgIpc) is 2.97. The topological polar surface area (TPSA) is 34.1 Å². The van der Waals surface area contributed by atoms with Crippen molar-refractivity contribution in [1.82, 2.24) is 0 Å². The third kappa shape index (κ3) is 3.39. The Labute approximate surface area is 121 Å². The standard InChI is InChI=1S/C15H16O2S2/c1-10-12(6-8-18-10)14(16)4-3-5-15(17)13-7-9-19-11(13)2/h6-9H,3-5H2,1-2H3. The molecule has 0 bridgehead atoms. The van der Waals surface area contributed by atoms with Gasteiger partial charge in [-0.15, -0.1) is 22.7 Å². The first-order chi connectivity index (χ1) is 9.09. The molecule has 2 aromatic rings. The van der Waals surface area contributed by atoms with Gasteiger partial charge in [-0.05, 0) is 43.2 Å². The molecule has 0 atom stereocenters. The minimum Gasteiger partial charge on any atom is -0.294 e. The van der Waals surface area contributed by atoms with Gasteiger partial charge in [0.25, 0.3) is 0 Å². The molecule has 0 radical (unpaired) electrons. The molecule has 0 saturated carbocycles. The van der Waals surface area contributed by atoms with E-state index in [2.05, 4.69) is 0 Å². The highest BCUT2D eigenvalue weighted by atomic mass is 32.1. The number of Topliss-reactive ketones (excluding diaryl/α,β-unsaturated/α-hetero) is 2. The second kappa shape index (κ2) is 6.26. The van der Waals surface area contributed by atoms with Gasteiger partial charge in [-0.25, -0.2) is 0 Å². The average molecular weight is 292 g/mol. The minimum absolute atomic E-state index is 0.147. The molecule has 0 aliphatic heterocycles. The van der Waals surface area contributed by atoms with Gasteiger partial charge in [-0.1, -0.05) is 0 Å². The van der Waals surface area contributed by atoms with E-state index in [-0.39, 0.29) is 11.6 Å². The summed E-state index contributed by atoms with van der Waals surface area (Å²) in [6.07, 6.45) is 1.53. The predicted octanol–water partition coefficient (Wildman–Crippen LogP) is 4.66. The van der Waals surface area contributed by atoms with Gasteiger partial charge in [0.2, 0.25) is 0 Å². The zero-order valence-electron chi connectivity index (χ0n) is 11.1. The molecule has 2 aromatic heterocycles. The van der Waals surface area contributed by atoms with Gasteiger partial charge in [0.15, 0.2) is 11.6 Å². The van der Waals surface area contributed by atoms with Crippen LogP contribution in [0.1, 0.15) is 49.7 Å². The highest BCUT2D eigenvalue weighted by Gasteiger charge is 2.13. The van der Waals surface area contributed by atoms with Gasteiger partial charge in [-0.3, -0.25) is 9.59 Å². The Balaban J connectivity index is 1.85. The smallest absolute Gasteiger partial charge is 0.163 e. The Bertz CT molecular complexity index is 541. The van der Waals surface area contributed by atoms with E-state index in [0.29, 0.717) is 19.3 Å². The summed E-state index contributed by atoms with van der Waals surface area (Å²) < 4.78 is 0. The lowest BCUT2D eigenvalue weighted by Gasteiger charge is -2.01. The van der Waals surface area contributed by atoms with Gasteiger partial charge in [0.05, 0.1) is 0 Å². The van der Waals surface area contributed by atoms with Crippen molar-refractivity contribution in [2.75, 3.05) is 0 Å². The summed E-state index contributed by atoms with van der Waals surface area (Å²) >= 11 is 3.17. The molecule has 100 valence electrons. The molecule has 4 heteroatoms. The van der Waals surface area contributed by atoms with Gasteiger partial charge in [0, 0.05) is 33.7 Å².